The van der Waals surface area contributed by atoms with Gasteiger partial charge in [0.2, 0.25) is 5.95 Å². The van der Waals surface area contributed by atoms with Crippen LogP contribution in [0.25, 0.3) is 16.7 Å². The van der Waals surface area contributed by atoms with Gasteiger partial charge in [-0.2, -0.15) is 4.98 Å². The van der Waals surface area contributed by atoms with E-state index in [-0.39, 0.29) is 5.56 Å². The second kappa shape index (κ2) is 7.18. The van der Waals surface area contributed by atoms with Crippen LogP contribution in [0, 0.1) is 0 Å². The van der Waals surface area contributed by atoms with Gasteiger partial charge in [0.25, 0.3) is 5.56 Å². The van der Waals surface area contributed by atoms with Crippen molar-refractivity contribution in [3.63, 3.8) is 0 Å². The number of nitrogens with one attached hydrogen (secondary N) is 1. The molecule has 26 heavy (non-hydrogen) atoms. The Balaban J connectivity index is 1.78. The Kier molecular flexibility index (Phi) is 4.75. The molecule has 4 rings (SSSR count). The van der Waals surface area contributed by atoms with E-state index < -0.39 is 0 Å². The summed E-state index contributed by atoms with van der Waals surface area (Å²) in [4.78, 5) is 21.9. The molecule has 0 unspecified atom stereocenters. The van der Waals surface area contributed by atoms with Crippen molar-refractivity contribution in [2.24, 2.45) is 0 Å². The van der Waals surface area contributed by atoms with Gasteiger partial charge in [0.1, 0.15) is 5.39 Å². The molecule has 0 bridgehead atoms. The number of aromatic amines is 1. The first-order valence-corrected chi connectivity index (χ1v) is 9.05. The third-order valence-corrected chi connectivity index (χ3v) is 4.77. The summed E-state index contributed by atoms with van der Waals surface area (Å²) in [6, 6.07) is 5.83. The number of H-pyrrole nitrogens is 1. The van der Waals surface area contributed by atoms with Crippen LogP contribution in [0.15, 0.2) is 33.7 Å². The molecular formula is C17H18BrN5O3. The van der Waals surface area contributed by atoms with E-state index in [1.165, 1.54) is 0 Å². The third kappa shape index (κ3) is 3.25. The Hall–Kier alpha value is -2.23. The zero-order valence-electron chi connectivity index (χ0n) is 14.2. The van der Waals surface area contributed by atoms with Crippen LogP contribution in [0.3, 0.4) is 0 Å². The number of benzene rings is 1. The van der Waals surface area contributed by atoms with Crippen molar-refractivity contribution in [1.29, 1.82) is 0 Å². The molecule has 2 aromatic heterocycles. The first-order valence-electron chi connectivity index (χ1n) is 8.26. The zero-order valence-corrected chi connectivity index (χ0v) is 15.8. The predicted octanol–water partition coefficient (Wildman–Crippen LogP) is 1.85. The highest BCUT2D eigenvalue weighted by molar-refractivity contribution is 9.10. The maximum Gasteiger partial charge on any atom is 0.263 e. The van der Waals surface area contributed by atoms with Gasteiger partial charge in [0.15, 0.2) is 5.65 Å². The monoisotopic (exact) mass is 419 g/mol. The van der Waals surface area contributed by atoms with Crippen molar-refractivity contribution in [1.82, 2.24) is 19.7 Å². The minimum atomic E-state index is -0.201. The minimum Gasteiger partial charge on any atom is -0.380 e. The second-order valence-corrected chi connectivity index (χ2v) is 6.92. The van der Waals surface area contributed by atoms with Crippen molar-refractivity contribution in [2.45, 2.75) is 6.61 Å². The molecule has 9 heteroatoms. The maximum atomic E-state index is 12.5. The van der Waals surface area contributed by atoms with Crippen LogP contribution >= 0.6 is 15.9 Å². The number of methoxy groups -OCH3 is 1. The van der Waals surface area contributed by atoms with Crippen LogP contribution in [-0.2, 0) is 16.1 Å². The lowest BCUT2D eigenvalue weighted by Crippen LogP contribution is -2.38. The number of nitrogens with zero attached hydrogens (tertiary/aromatic N) is 4. The van der Waals surface area contributed by atoms with Gasteiger partial charge in [-0.3, -0.25) is 9.78 Å². The minimum absolute atomic E-state index is 0.201. The molecule has 1 aromatic carbocycles. The lowest BCUT2D eigenvalue weighted by molar-refractivity contribution is 0.122. The largest absolute Gasteiger partial charge is 0.380 e. The van der Waals surface area contributed by atoms with E-state index in [1.54, 1.807) is 18.0 Å². The highest BCUT2D eigenvalue weighted by Gasteiger charge is 2.17. The molecule has 0 saturated carbocycles. The molecule has 0 radical (unpaired) electrons. The van der Waals surface area contributed by atoms with Gasteiger partial charge in [0.05, 0.1) is 25.5 Å². The summed E-state index contributed by atoms with van der Waals surface area (Å²) in [7, 11) is 1.64. The molecule has 8 nitrogen and oxygen atoms in total. The molecule has 0 atom stereocenters. The normalized spacial score (nSPS) is 14.9. The van der Waals surface area contributed by atoms with Crippen molar-refractivity contribution < 1.29 is 9.47 Å². The van der Waals surface area contributed by atoms with Crippen molar-refractivity contribution >= 4 is 32.9 Å². The van der Waals surface area contributed by atoms with E-state index in [2.05, 4.69) is 31.0 Å². The summed E-state index contributed by atoms with van der Waals surface area (Å²) in [5.41, 5.74) is 2.02. The quantitative estimate of drug-likeness (QED) is 0.694. The third-order valence-electron chi connectivity index (χ3n) is 4.28. The lowest BCUT2D eigenvalue weighted by atomic mass is 10.2. The van der Waals surface area contributed by atoms with Gasteiger partial charge in [0, 0.05) is 36.4 Å². The molecule has 0 aliphatic carbocycles. The van der Waals surface area contributed by atoms with Gasteiger partial charge in [-0.25, -0.2) is 4.68 Å². The number of rotatable bonds is 4. The molecule has 1 saturated heterocycles. The Morgan fingerprint density at radius 2 is 2.15 bits per heavy atom. The fraction of sp³-hybridized carbons (Fsp3) is 0.353. The Morgan fingerprint density at radius 1 is 1.35 bits per heavy atom. The van der Waals surface area contributed by atoms with E-state index in [9.17, 15) is 4.79 Å². The van der Waals surface area contributed by atoms with Gasteiger partial charge in [-0.05, 0) is 18.2 Å². The van der Waals surface area contributed by atoms with Crippen molar-refractivity contribution in [2.75, 3.05) is 38.3 Å². The number of hydrogen-bond donors (Lipinski definition) is 1. The topological polar surface area (TPSA) is 85.3 Å². The van der Waals surface area contributed by atoms with E-state index in [4.69, 9.17) is 9.47 Å². The highest BCUT2D eigenvalue weighted by Crippen LogP contribution is 2.22. The molecule has 1 aliphatic heterocycles. The second-order valence-electron chi connectivity index (χ2n) is 6.01. The Morgan fingerprint density at radius 3 is 2.92 bits per heavy atom. The molecule has 0 spiro atoms. The smallest absolute Gasteiger partial charge is 0.263 e. The summed E-state index contributed by atoms with van der Waals surface area (Å²) >= 11 is 3.47. The molecule has 3 heterocycles. The predicted molar refractivity (Wildman–Crippen MR) is 101 cm³/mol. The number of aromatic nitrogens is 4. The van der Waals surface area contributed by atoms with E-state index in [0.717, 1.165) is 15.7 Å². The number of fused-ring (bicyclic) bond motifs is 1. The Labute approximate surface area is 157 Å². The number of ether oxygens (including phenoxy) is 2. The van der Waals surface area contributed by atoms with E-state index >= 15 is 0 Å². The molecule has 136 valence electrons. The standard InChI is InChI=1S/C17H18BrN5O3/c1-25-10-11-8-12(18)2-3-14(11)23-9-13-15(21-23)19-17(20-16(13)24)22-4-6-26-7-5-22/h2-3,8-9H,4-7,10H2,1H3,(H,19,20,21,24). The van der Waals surface area contributed by atoms with Crippen LogP contribution in [0.2, 0.25) is 0 Å². The summed E-state index contributed by atoms with van der Waals surface area (Å²) in [6.07, 6.45) is 1.70. The SMILES string of the molecule is COCc1cc(Br)ccc1-n1cc2c(=O)[nH]c(N3CCOCC3)nc2n1. The Bertz CT molecular complexity index is 994. The number of morpholine rings is 1. The number of anilines is 1. The van der Waals surface area contributed by atoms with Crippen LogP contribution in [0.5, 0.6) is 0 Å². The van der Waals surface area contributed by atoms with Crippen molar-refractivity contribution in [3.05, 3.63) is 44.8 Å². The lowest BCUT2D eigenvalue weighted by Gasteiger charge is -2.26. The number of hydrogen-bond acceptors (Lipinski definition) is 6. The summed E-state index contributed by atoms with van der Waals surface area (Å²) in [6.45, 7) is 3.07. The molecule has 1 aliphatic rings. The fourth-order valence-electron chi connectivity index (χ4n) is 3.00. The van der Waals surface area contributed by atoms with Gasteiger partial charge in [-0.15, -0.1) is 5.10 Å². The van der Waals surface area contributed by atoms with Crippen LogP contribution < -0.4 is 10.5 Å². The molecule has 1 fully saturated rings. The van der Waals surface area contributed by atoms with Gasteiger partial charge >= 0.3 is 0 Å². The van der Waals surface area contributed by atoms with E-state index in [1.807, 2.05) is 23.1 Å². The average Bonchev–Trinajstić information content (AvgIpc) is 3.07. The van der Waals surface area contributed by atoms with Crippen LogP contribution in [0.4, 0.5) is 5.95 Å². The molecule has 0 amide bonds. The van der Waals surface area contributed by atoms with Crippen LogP contribution in [-0.4, -0.2) is 53.2 Å². The molecule has 1 N–H and O–H groups in total. The molecular weight excluding hydrogens is 402 g/mol. The zero-order chi connectivity index (χ0) is 18.1. The summed E-state index contributed by atoms with van der Waals surface area (Å²) in [5.74, 6) is 0.531. The average molecular weight is 420 g/mol. The molecule has 3 aromatic rings. The van der Waals surface area contributed by atoms with Gasteiger partial charge < -0.3 is 14.4 Å². The first-order chi connectivity index (χ1) is 12.7. The first kappa shape index (κ1) is 17.2. The number of halogens is 1. The summed E-state index contributed by atoms with van der Waals surface area (Å²) < 4.78 is 13.3. The maximum absolute atomic E-state index is 12.5. The van der Waals surface area contributed by atoms with Gasteiger partial charge in [-0.1, -0.05) is 15.9 Å². The van der Waals surface area contributed by atoms with Crippen LogP contribution in [0.1, 0.15) is 5.56 Å². The highest BCUT2D eigenvalue weighted by atomic mass is 79.9. The summed E-state index contributed by atoms with van der Waals surface area (Å²) in [5, 5.41) is 4.98. The van der Waals surface area contributed by atoms with Crippen molar-refractivity contribution in [3.8, 4) is 5.69 Å². The fourth-order valence-corrected chi connectivity index (χ4v) is 3.41. The van der Waals surface area contributed by atoms with E-state index in [0.29, 0.717) is 49.9 Å².